The molecule has 0 spiro atoms. The summed E-state index contributed by atoms with van der Waals surface area (Å²) in [5.41, 5.74) is 8.47. The van der Waals surface area contributed by atoms with Gasteiger partial charge in [0.1, 0.15) is 11.6 Å². The van der Waals surface area contributed by atoms with Crippen LogP contribution in [0.3, 0.4) is 0 Å². The molecular weight excluding hydrogens is 231 g/mol. The quantitative estimate of drug-likeness (QED) is 0.900. The van der Waals surface area contributed by atoms with Crippen LogP contribution in [0.5, 0.6) is 5.75 Å². The van der Waals surface area contributed by atoms with E-state index in [2.05, 4.69) is 4.98 Å². The van der Waals surface area contributed by atoms with Crippen molar-refractivity contribution in [2.45, 2.75) is 13.0 Å². The molecule has 18 heavy (non-hydrogen) atoms. The minimum atomic E-state index is -0.232. The van der Waals surface area contributed by atoms with Gasteiger partial charge in [-0.3, -0.25) is 4.98 Å². The van der Waals surface area contributed by atoms with Gasteiger partial charge in [0, 0.05) is 24.2 Å². The van der Waals surface area contributed by atoms with Crippen LogP contribution in [0.15, 0.2) is 36.5 Å². The Bertz CT molecular complexity index is 526. The number of halogens is 1. The molecule has 0 radical (unpaired) electrons. The van der Waals surface area contributed by atoms with Crippen LogP contribution < -0.4 is 10.5 Å². The van der Waals surface area contributed by atoms with E-state index >= 15 is 0 Å². The second-order valence-corrected chi connectivity index (χ2v) is 3.99. The first kappa shape index (κ1) is 12.5. The van der Waals surface area contributed by atoms with E-state index in [1.54, 1.807) is 25.4 Å². The maximum Gasteiger partial charge on any atom is 0.141 e. The Kier molecular flexibility index (Phi) is 3.89. The monoisotopic (exact) mass is 246 g/mol. The van der Waals surface area contributed by atoms with Crippen LogP contribution in [-0.4, -0.2) is 12.1 Å². The van der Waals surface area contributed by atoms with Crippen molar-refractivity contribution in [2.24, 2.45) is 5.73 Å². The van der Waals surface area contributed by atoms with Crippen molar-refractivity contribution in [3.05, 3.63) is 59.2 Å². The number of nitrogens with zero attached hydrogens (tertiary/aromatic N) is 1. The molecule has 1 heterocycles. The van der Waals surface area contributed by atoms with Gasteiger partial charge in [0.05, 0.1) is 13.3 Å². The van der Waals surface area contributed by atoms with Gasteiger partial charge in [-0.05, 0) is 23.8 Å². The molecule has 4 heteroatoms. The smallest absolute Gasteiger partial charge is 0.141 e. The number of ether oxygens (including phenoxy) is 1. The van der Waals surface area contributed by atoms with Crippen molar-refractivity contribution in [1.29, 1.82) is 0 Å². The highest BCUT2D eigenvalue weighted by Gasteiger charge is 2.05. The lowest BCUT2D eigenvalue weighted by atomic mass is 10.1. The number of rotatable bonds is 4. The zero-order chi connectivity index (χ0) is 13.0. The average Bonchev–Trinajstić information content (AvgIpc) is 2.41. The fraction of sp³-hybridized carbons (Fsp3) is 0.214. The molecule has 1 aromatic carbocycles. The summed E-state index contributed by atoms with van der Waals surface area (Å²) in [4.78, 5) is 4.30. The van der Waals surface area contributed by atoms with Crippen molar-refractivity contribution < 1.29 is 9.13 Å². The SMILES string of the molecule is COc1cnc(Cc2ccc(F)cc2)cc1CN. The number of methoxy groups -OCH3 is 1. The molecule has 0 aliphatic heterocycles. The summed E-state index contributed by atoms with van der Waals surface area (Å²) in [6.07, 6.45) is 2.32. The Balaban J connectivity index is 2.21. The van der Waals surface area contributed by atoms with Gasteiger partial charge in [-0.25, -0.2) is 4.39 Å². The predicted molar refractivity (Wildman–Crippen MR) is 67.9 cm³/mol. The average molecular weight is 246 g/mol. The van der Waals surface area contributed by atoms with Crippen LogP contribution in [0.1, 0.15) is 16.8 Å². The molecular formula is C14H15FN2O. The van der Waals surface area contributed by atoms with Crippen LogP contribution in [0, 0.1) is 5.82 Å². The minimum absolute atomic E-state index is 0.232. The molecule has 2 N–H and O–H groups in total. The molecule has 0 bridgehead atoms. The Morgan fingerprint density at radius 1 is 1.28 bits per heavy atom. The molecule has 0 atom stereocenters. The van der Waals surface area contributed by atoms with E-state index in [-0.39, 0.29) is 5.82 Å². The normalized spacial score (nSPS) is 10.4. The molecule has 0 aliphatic rings. The molecule has 0 saturated carbocycles. The molecule has 2 aromatic rings. The summed E-state index contributed by atoms with van der Waals surface area (Å²) < 4.78 is 18.0. The molecule has 0 unspecified atom stereocenters. The van der Waals surface area contributed by atoms with E-state index in [1.807, 2.05) is 6.07 Å². The zero-order valence-electron chi connectivity index (χ0n) is 10.2. The summed E-state index contributed by atoms with van der Waals surface area (Å²) in [7, 11) is 1.59. The lowest BCUT2D eigenvalue weighted by molar-refractivity contribution is 0.407. The molecule has 0 saturated heterocycles. The highest BCUT2D eigenvalue weighted by atomic mass is 19.1. The third-order valence-electron chi connectivity index (χ3n) is 2.74. The Labute approximate surface area is 105 Å². The minimum Gasteiger partial charge on any atom is -0.495 e. The van der Waals surface area contributed by atoms with Gasteiger partial charge in [-0.1, -0.05) is 12.1 Å². The van der Waals surface area contributed by atoms with Crippen molar-refractivity contribution in [1.82, 2.24) is 4.98 Å². The third-order valence-corrected chi connectivity index (χ3v) is 2.74. The first-order chi connectivity index (χ1) is 8.72. The van der Waals surface area contributed by atoms with Crippen molar-refractivity contribution >= 4 is 0 Å². The summed E-state index contributed by atoms with van der Waals surface area (Å²) in [5, 5.41) is 0. The van der Waals surface area contributed by atoms with Gasteiger partial charge in [-0.15, -0.1) is 0 Å². The first-order valence-corrected chi connectivity index (χ1v) is 5.69. The van der Waals surface area contributed by atoms with Crippen molar-refractivity contribution in [3.63, 3.8) is 0 Å². The van der Waals surface area contributed by atoms with Crippen LogP contribution in [0.2, 0.25) is 0 Å². The number of hydrogen-bond donors (Lipinski definition) is 1. The number of benzene rings is 1. The second-order valence-electron chi connectivity index (χ2n) is 3.99. The lowest BCUT2D eigenvalue weighted by Crippen LogP contribution is -2.03. The van der Waals surface area contributed by atoms with Gasteiger partial charge in [0.15, 0.2) is 0 Å². The Morgan fingerprint density at radius 2 is 2.00 bits per heavy atom. The topological polar surface area (TPSA) is 48.1 Å². The molecule has 0 amide bonds. The fourth-order valence-corrected chi connectivity index (χ4v) is 1.79. The molecule has 1 aromatic heterocycles. The Morgan fingerprint density at radius 3 is 2.61 bits per heavy atom. The number of nitrogens with two attached hydrogens (primary N) is 1. The summed E-state index contributed by atoms with van der Waals surface area (Å²) >= 11 is 0. The number of aromatic nitrogens is 1. The maximum atomic E-state index is 12.8. The van der Waals surface area contributed by atoms with Crippen LogP contribution in [0.4, 0.5) is 4.39 Å². The van der Waals surface area contributed by atoms with Crippen molar-refractivity contribution in [2.75, 3.05) is 7.11 Å². The Hall–Kier alpha value is -1.94. The van der Waals surface area contributed by atoms with Crippen LogP contribution >= 0.6 is 0 Å². The number of pyridine rings is 1. The van der Waals surface area contributed by atoms with E-state index in [0.29, 0.717) is 18.7 Å². The summed E-state index contributed by atoms with van der Waals surface area (Å²) in [5.74, 6) is 0.462. The highest BCUT2D eigenvalue weighted by molar-refractivity contribution is 5.34. The van der Waals surface area contributed by atoms with Crippen molar-refractivity contribution in [3.8, 4) is 5.75 Å². The maximum absolute atomic E-state index is 12.8. The standard InChI is InChI=1S/C14H15FN2O/c1-18-14-9-17-13(7-11(14)8-16)6-10-2-4-12(15)5-3-10/h2-5,7,9H,6,8,16H2,1H3. The van der Waals surface area contributed by atoms with Gasteiger partial charge < -0.3 is 10.5 Å². The third kappa shape index (κ3) is 2.84. The van der Waals surface area contributed by atoms with Gasteiger partial charge in [-0.2, -0.15) is 0 Å². The fourth-order valence-electron chi connectivity index (χ4n) is 1.79. The molecule has 2 rings (SSSR count). The molecule has 94 valence electrons. The first-order valence-electron chi connectivity index (χ1n) is 5.69. The van der Waals surface area contributed by atoms with Gasteiger partial charge >= 0.3 is 0 Å². The van der Waals surface area contributed by atoms with Gasteiger partial charge in [0.25, 0.3) is 0 Å². The summed E-state index contributed by atoms with van der Waals surface area (Å²) in [6, 6.07) is 8.32. The zero-order valence-corrected chi connectivity index (χ0v) is 10.2. The molecule has 3 nitrogen and oxygen atoms in total. The van der Waals surface area contributed by atoms with Gasteiger partial charge in [0.2, 0.25) is 0 Å². The highest BCUT2D eigenvalue weighted by Crippen LogP contribution is 2.18. The van der Waals surface area contributed by atoms with E-state index in [1.165, 1.54) is 12.1 Å². The van der Waals surface area contributed by atoms with Crippen LogP contribution in [0.25, 0.3) is 0 Å². The lowest BCUT2D eigenvalue weighted by Gasteiger charge is -2.08. The van der Waals surface area contributed by atoms with E-state index in [4.69, 9.17) is 10.5 Å². The van der Waals surface area contributed by atoms with E-state index in [0.717, 1.165) is 16.8 Å². The predicted octanol–water partition coefficient (Wildman–Crippen LogP) is 2.28. The van der Waals surface area contributed by atoms with Crippen LogP contribution in [-0.2, 0) is 13.0 Å². The summed E-state index contributed by atoms with van der Waals surface area (Å²) in [6.45, 7) is 0.405. The molecule has 0 aliphatic carbocycles. The molecule has 0 fully saturated rings. The second kappa shape index (κ2) is 5.60. The van der Waals surface area contributed by atoms with E-state index in [9.17, 15) is 4.39 Å². The largest absolute Gasteiger partial charge is 0.495 e. The van der Waals surface area contributed by atoms with E-state index < -0.39 is 0 Å². The number of hydrogen-bond acceptors (Lipinski definition) is 3.